The van der Waals surface area contributed by atoms with E-state index in [9.17, 15) is 0 Å². The minimum atomic E-state index is -0.537. The second kappa shape index (κ2) is 10.7. The number of furan rings is 1. The summed E-state index contributed by atoms with van der Waals surface area (Å²) < 4.78 is 16.1. The first-order valence-corrected chi connectivity index (χ1v) is 18.8. The molecule has 12 rings (SSSR count). The van der Waals surface area contributed by atoms with Gasteiger partial charge in [-0.05, 0) is 77.4 Å². The quantitative estimate of drug-likeness (QED) is 0.184. The number of anilines is 3. The smallest absolute Gasteiger partial charge is 0.143 e. The van der Waals surface area contributed by atoms with E-state index in [-0.39, 0.29) is 0 Å². The Hall–Kier alpha value is -6.62. The molecular formula is C49H29NO2S. The SMILES string of the molecule is c1ccc(N(c2ccc3c(c2)sc2ccccc23)c2ccc3oc4c5c(ccc4c3c2)C2(c3ccccc3Oc3ccccc32)c2ccccc2-5)cc1. The monoisotopic (exact) mass is 695 g/mol. The third-order valence-electron chi connectivity index (χ3n) is 11.3. The summed E-state index contributed by atoms with van der Waals surface area (Å²) in [4.78, 5) is 2.36. The first-order chi connectivity index (χ1) is 26.3. The lowest BCUT2D eigenvalue weighted by Gasteiger charge is -2.39. The minimum absolute atomic E-state index is 0.537. The second-order valence-corrected chi connectivity index (χ2v) is 15.1. The number of benzene rings is 8. The van der Waals surface area contributed by atoms with Crippen molar-refractivity contribution in [1.29, 1.82) is 0 Å². The summed E-state index contributed by atoms with van der Waals surface area (Å²) in [5.74, 6) is 1.77. The number of ether oxygens (including phenoxy) is 1. The lowest BCUT2D eigenvalue weighted by molar-refractivity contribution is 0.436. The molecule has 0 amide bonds. The van der Waals surface area contributed by atoms with E-state index in [1.165, 1.54) is 36.9 Å². The molecule has 1 aliphatic carbocycles. The standard InChI is InChI=1S/C49H29NO2S/c1-2-12-30(13-3-1)50(32-22-24-34-33-14-5-11-21-45(33)53-46(34)29-32)31-23-27-42-37(28-31)35-25-26-41-47(48(35)52-42)36-15-4-6-16-38(36)49(41)39-17-7-9-19-43(39)51-44-20-10-8-18-40(44)49/h1-29H. The molecule has 53 heavy (non-hydrogen) atoms. The second-order valence-electron chi connectivity index (χ2n) is 14.0. The van der Waals surface area contributed by atoms with Crippen LogP contribution < -0.4 is 9.64 Å². The molecule has 1 aliphatic heterocycles. The Kier molecular flexibility index (Phi) is 5.86. The molecule has 4 heteroatoms. The highest BCUT2D eigenvalue weighted by molar-refractivity contribution is 7.25. The minimum Gasteiger partial charge on any atom is -0.457 e. The first-order valence-electron chi connectivity index (χ1n) is 18.0. The normalized spacial score (nSPS) is 13.6. The van der Waals surface area contributed by atoms with Crippen LogP contribution in [0.5, 0.6) is 11.5 Å². The first kappa shape index (κ1) is 29.0. The average Bonchev–Trinajstić information content (AvgIpc) is 3.87. The fourth-order valence-corrected chi connectivity index (χ4v) is 10.3. The van der Waals surface area contributed by atoms with Gasteiger partial charge in [0.15, 0.2) is 0 Å². The average molecular weight is 696 g/mol. The fourth-order valence-electron chi connectivity index (χ4n) is 9.17. The molecule has 0 saturated heterocycles. The summed E-state index contributed by atoms with van der Waals surface area (Å²) in [7, 11) is 0. The van der Waals surface area contributed by atoms with Gasteiger partial charge in [0.1, 0.15) is 22.7 Å². The van der Waals surface area contributed by atoms with Crippen molar-refractivity contribution in [2.24, 2.45) is 0 Å². The Morgan fingerprint density at radius 2 is 1.08 bits per heavy atom. The number of hydrogen-bond donors (Lipinski definition) is 0. The van der Waals surface area contributed by atoms with E-state index in [4.69, 9.17) is 9.15 Å². The van der Waals surface area contributed by atoms with Crippen molar-refractivity contribution in [1.82, 2.24) is 0 Å². The number of thiophene rings is 1. The Labute approximate surface area is 309 Å². The number of para-hydroxylation sites is 3. The topological polar surface area (TPSA) is 25.6 Å². The molecule has 3 nitrogen and oxygen atoms in total. The van der Waals surface area contributed by atoms with Crippen molar-refractivity contribution in [3.8, 4) is 22.6 Å². The molecule has 0 fully saturated rings. The highest BCUT2D eigenvalue weighted by Crippen LogP contribution is 2.63. The van der Waals surface area contributed by atoms with Crippen molar-refractivity contribution in [3.05, 3.63) is 198 Å². The maximum absolute atomic E-state index is 6.95. The highest BCUT2D eigenvalue weighted by Gasteiger charge is 2.51. The van der Waals surface area contributed by atoms with Gasteiger partial charge in [-0.1, -0.05) is 115 Å². The molecule has 2 aliphatic rings. The van der Waals surface area contributed by atoms with Crippen molar-refractivity contribution < 1.29 is 9.15 Å². The van der Waals surface area contributed by atoms with Crippen LogP contribution in [-0.2, 0) is 5.41 Å². The van der Waals surface area contributed by atoms with Gasteiger partial charge in [-0.25, -0.2) is 0 Å². The maximum Gasteiger partial charge on any atom is 0.143 e. The summed E-state index contributed by atoms with van der Waals surface area (Å²) in [6.07, 6.45) is 0. The van der Waals surface area contributed by atoms with Gasteiger partial charge < -0.3 is 14.1 Å². The number of hydrogen-bond acceptors (Lipinski definition) is 4. The predicted molar refractivity (Wildman–Crippen MR) is 219 cm³/mol. The van der Waals surface area contributed by atoms with Crippen LogP contribution in [0.15, 0.2) is 180 Å². The van der Waals surface area contributed by atoms with Gasteiger partial charge in [0, 0.05) is 64.7 Å². The molecule has 0 unspecified atom stereocenters. The Morgan fingerprint density at radius 3 is 1.91 bits per heavy atom. The van der Waals surface area contributed by atoms with Crippen LogP contribution in [0, 0.1) is 0 Å². The Bertz CT molecular complexity index is 3070. The molecule has 0 saturated carbocycles. The Morgan fingerprint density at radius 1 is 0.434 bits per heavy atom. The number of fused-ring (bicyclic) bond motifs is 16. The molecule has 3 heterocycles. The van der Waals surface area contributed by atoms with Crippen molar-refractivity contribution in [2.45, 2.75) is 5.41 Å². The van der Waals surface area contributed by atoms with Gasteiger partial charge in [-0.2, -0.15) is 0 Å². The van der Waals surface area contributed by atoms with E-state index in [1.54, 1.807) is 0 Å². The summed E-state index contributed by atoms with van der Waals surface area (Å²) in [5.41, 5.74) is 11.7. The predicted octanol–water partition coefficient (Wildman–Crippen LogP) is 13.9. The van der Waals surface area contributed by atoms with E-state index in [2.05, 4.69) is 181 Å². The number of rotatable bonds is 3. The van der Waals surface area contributed by atoms with Crippen LogP contribution in [0.4, 0.5) is 17.1 Å². The van der Waals surface area contributed by atoms with Crippen LogP contribution in [-0.4, -0.2) is 0 Å². The fraction of sp³-hybridized carbons (Fsp3) is 0.0204. The van der Waals surface area contributed by atoms with Crippen molar-refractivity contribution >= 4 is 70.5 Å². The zero-order chi connectivity index (χ0) is 34.7. The van der Waals surface area contributed by atoms with E-state index in [0.717, 1.165) is 67.2 Å². The lowest BCUT2D eigenvalue weighted by atomic mass is 9.66. The summed E-state index contributed by atoms with van der Waals surface area (Å²) in [6, 6.07) is 63.2. The maximum atomic E-state index is 6.95. The van der Waals surface area contributed by atoms with Gasteiger partial charge in [0.25, 0.3) is 0 Å². The van der Waals surface area contributed by atoms with Crippen LogP contribution >= 0.6 is 11.3 Å². The van der Waals surface area contributed by atoms with Gasteiger partial charge in [-0.3, -0.25) is 0 Å². The van der Waals surface area contributed by atoms with Gasteiger partial charge >= 0.3 is 0 Å². The summed E-state index contributed by atoms with van der Waals surface area (Å²) >= 11 is 1.85. The molecule has 0 radical (unpaired) electrons. The lowest BCUT2D eigenvalue weighted by Crippen LogP contribution is -2.32. The zero-order valence-corrected chi connectivity index (χ0v) is 29.2. The van der Waals surface area contributed by atoms with E-state index >= 15 is 0 Å². The molecule has 8 aromatic carbocycles. The summed E-state index contributed by atoms with van der Waals surface area (Å²) in [6.45, 7) is 0. The largest absolute Gasteiger partial charge is 0.457 e. The molecule has 2 aromatic heterocycles. The molecule has 1 spiro atoms. The van der Waals surface area contributed by atoms with Crippen LogP contribution in [0.25, 0.3) is 53.2 Å². The zero-order valence-electron chi connectivity index (χ0n) is 28.4. The van der Waals surface area contributed by atoms with Crippen LogP contribution in [0.3, 0.4) is 0 Å². The van der Waals surface area contributed by atoms with E-state index in [0.29, 0.717) is 0 Å². The molecular weight excluding hydrogens is 667 g/mol. The third-order valence-corrected chi connectivity index (χ3v) is 12.5. The van der Waals surface area contributed by atoms with Crippen molar-refractivity contribution in [2.75, 3.05) is 4.90 Å². The summed E-state index contributed by atoms with van der Waals surface area (Å²) in [5, 5.41) is 4.80. The molecule has 248 valence electrons. The van der Waals surface area contributed by atoms with E-state index in [1.807, 2.05) is 11.3 Å². The molecule has 0 bridgehead atoms. The van der Waals surface area contributed by atoms with Gasteiger partial charge in [0.05, 0.1) is 5.41 Å². The molecule has 10 aromatic rings. The van der Waals surface area contributed by atoms with E-state index < -0.39 is 5.41 Å². The third kappa shape index (κ3) is 3.88. The number of nitrogens with zero attached hydrogens (tertiary/aromatic N) is 1. The van der Waals surface area contributed by atoms with Gasteiger partial charge in [-0.15, -0.1) is 11.3 Å². The van der Waals surface area contributed by atoms with Crippen LogP contribution in [0.2, 0.25) is 0 Å². The Balaban J connectivity index is 1.09. The molecule has 0 atom stereocenters. The highest BCUT2D eigenvalue weighted by atomic mass is 32.1. The van der Waals surface area contributed by atoms with Gasteiger partial charge in [0.2, 0.25) is 0 Å². The molecule has 0 N–H and O–H groups in total. The van der Waals surface area contributed by atoms with Crippen molar-refractivity contribution in [3.63, 3.8) is 0 Å². The van der Waals surface area contributed by atoms with Crippen LogP contribution in [0.1, 0.15) is 22.3 Å².